The van der Waals surface area contributed by atoms with Crippen molar-refractivity contribution in [2.24, 2.45) is 5.92 Å². The summed E-state index contributed by atoms with van der Waals surface area (Å²) < 4.78 is 26.5. The molecule has 1 aromatic rings. The fourth-order valence-corrected chi connectivity index (χ4v) is 4.60. The number of halogens is 1. The highest BCUT2D eigenvalue weighted by Crippen LogP contribution is 2.25. The number of piperidine rings is 1. The van der Waals surface area contributed by atoms with Gasteiger partial charge < -0.3 is 0 Å². The standard InChI is InChI=1S/C13H18BrNO2S/c14-9-8-12-5-4-10-15(11-12)18(16,17)13-6-2-1-3-7-13/h1-3,6-7,12H,4-5,8-11H2. The van der Waals surface area contributed by atoms with Gasteiger partial charge in [0.1, 0.15) is 0 Å². The van der Waals surface area contributed by atoms with Crippen molar-refractivity contribution in [3.05, 3.63) is 30.3 Å². The number of nitrogens with zero attached hydrogens (tertiary/aromatic N) is 1. The predicted octanol–water partition coefficient (Wildman–Crippen LogP) is 2.87. The lowest BCUT2D eigenvalue weighted by molar-refractivity contribution is 0.263. The molecule has 0 radical (unpaired) electrons. The van der Waals surface area contributed by atoms with E-state index in [1.54, 1.807) is 28.6 Å². The van der Waals surface area contributed by atoms with Crippen LogP contribution in [0, 0.1) is 5.92 Å². The second-order valence-corrected chi connectivity index (χ2v) is 7.39. The van der Waals surface area contributed by atoms with E-state index in [-0.39, 0.29) is 0 Å². The molecule has 1 unspecified atom stereocenters. The second kappa shape index (κ2) is 6.17. The smallest absolute Gasteiger partial charge is 0.207 e. The summed E-state index contributed by atoms with van der Waals surface area (Å²) >= 11 is 3.43. The number of sulfonamides is 1. The van der Waals surface area contributed by atoms with Gasteiger partial charge in [-0.3, -0.25) is 0 Å². The average Bonchev–Trinajstić information content (AvgIpc) is 2.40. The highest BCUT2D eigenvalue weighted by molar-refractivity contribution is 9.09. The van der Waals surface area contributed by atoms with Crippen molar-refractivity contribution in [2.45, 2.75) is 24.2 Å². The second-order valence-electron chi connectivity index (χ2n) is 4.66. The molecule has 1 aliphatic rings. The Balaban J connectivity index is 2.15. The number of alkyl halides is 1. The highest BCUT2D eigenvalue weighted by atomic mass is 79.9. The van der Waals surface area contributed by atoms with Crippen LogP contribution in [0.3, 0.4) is 0 Å². The van der Waals surface area contributed by atoms with Crippen LogP contribution in [0.15, 0.2) is 35.2 Å². The Labute approximate surface area is 117 Å². The molecule has 1 aromatic carbocycles. The fourth-order valence-electron chi connectivity index (χ4n) is 2.38. The molecule has 0 amide bonds. The maximum Gasteiger partial charge on any atom is 0.243 e. The Kier molecular flexibility index (Phi) is 4.81. The first-order chi connectivity index (χ1) is 8.64. The van der Waals surface area contributed by atoms with Crippen LogP contribution in [0.4, 0.5) is 0 Å². The van der Waals surface area contributed by atoms with Crippen LogP contribution in [0.25, 0.3) is 0 Å². The molecule has 1 fully saturated rings. The summed E-state index contributed by atoms with van der Waals surface area (Å²) in [6.07, 6.45) is 3.14. The Morgan fingerprint density at radius 2 is 2.00 bits per heavy atom. The zero-order valence-corrected chi connectivity index (χ0v) is 12.7. The molecule has 0 spiro atoms. The molecule has 2 rings (SSSR count). The zero-order chi connectivity index (χ0) is 13.0. The van der Waals surface area contributed by atoms with Crippen molar-refractivity contribution in [1.82, 2.24) is 4.31 Å². The van der Waals surface area contributed by atoms with E-state index in [1.807, 2.05) is 6.07 Å². The third kappa shape index (κ3) is 3.13. The molecule has 0 saturated carbocycles. The summed E-state index contributed by atoms with van der Waals surface area (Å²) in [4.78, 5) is 0.407. The van der Waals surface area contributed by atoms with Gasteiger partial charge in [-0.2, -0.15) is 4.31 Å². The Hall–Kier alpha value is -0.390. The lowest BCUT2D eigenvalue weighted by atomic mass is 9.97. The van der Waals surface area contributed by atoms with Crippen molar-refractivity contribution < 1.29 is 8.42 Å². The maximum atomic E-state index is 12.5. The minimum absolute atomic E-state index is 0.407. The molecule has 18 heavy (non-hydrogen) atoms. The molecule has 0 aromatic heterocycles. The normalized spacial score (nSPS) is 21.9. The van der Waals surface area contributed by atoms with Gasteiger partial charge in [-0.05, 0) is 37.3 Å². The van der Waals surface area contributed by atoms with E-state index in [1.165, 1.54) is 0 Å². The summed E-state index contributed by atoms with van der Waals surface area (Å²) in [7, 11) is -3.30. The minimum Gasteiger partial charge on any atom is -0.207 e. The number of hydrogen-bond acceptors (Lipinski definition) is 2. The lowest BCUT2D eigenvalue weighted by Crippen LogP contribution is -2.39. The SMILES string of the molecule is O=S(=O)(c1ccccc1)N1CCCC(CCBr)C1. The highest BCUT2D eigenvalue weighted by Gasteiger charge is 2.29. The van der Waals surface area contributed by atoms with Crippen LogP contribution < -0.4 is 0 Å². The van der Waals surface area contributed by atoms with Crippen molar-refractivity contribution >= 4 is 26.0 Å². The van der Waals surface area contributed by atoms with Gasteiger partial charge in [0.2, 0.25) is 10.0 Å². The zero-order valence-electron chi connectivity index (χ0n) is 10.3. The summed E-state index contributed by atoms with van der Waals surface area (Å²) in [5, 5.41) is 0.941. The van der Waals surface area contributed by atoms with E-state index < -0.39 is 10.0 Å². The van der Waals surface area contributed by atoms with Crippen LogP contribution in [-0.4, -0.2) is 31.1 Å². The Bertz CT molecular complexity index is 473. The van der Waals surface area contributed by atoms with Gasteiger partial charge in [-0.25, -0.2) is 8.42 Å². The molecule has 1 atom stereocenters. The number of benzene rings is 1. The predicted molar refractivity (Wildman–Crippen MR) is 76.3 cm³/mol. The van der Waals surface area contributed by atoms with Crippen molar-refractivity contribution in [1.29, 1.82) is 0 Å². The topological polar surface area (TPSA) is 37.4 Å². The van der Waals surface area contributed by atoms with Crippen molar-refractivity contribution in [2.75, 3.05) is 18.4 Å². The molecule has 1 aliphatic heterocycles. The molecule has 1 heterocycles. The first kappa shape index (κ1) is 14.0. The van der Waals surface area contributed by atoms with Crippen LogP contribution in [0.1, 0.15) is 19.3 Å². The van der Waals surface area contributed by atoms with E-state index in [9.17, 15) is 8.42 Å². The molecule has 5 heteroatoms. The lowest BCUT2D eigenvalue weighted by Gasteiger charge is -2.31. The third-order valence-electron chi connectivity index (χ3n) is 3.38. The van der Waals surface area contributed by atoms with Crippen LogP contribution in [0.5, 0.6) is 0 Å². The Morgan fingerprint density at radius 3 is 2.67 bits per heavy atom. The van der Waals surface area contributed by atoms with Crippen molar-refractivity contribution in [3.63, 3.8) is 0 Å². The first-order valence-corrected chi connectivity index (χ1v) is 8.82. The molecule has 100 valence electrons. The van der Waals surface area contributed by atoms with Gasteiger partial charge in [0.25, 0.3) is 0 Å². The van der Waals surface area contributed by atoms with Gasteiger partial charge in [0.05, 0.1) is 4.90 Å². The van der Waals surface area contributed by atoms with E-state index in [0.29, 0.717) is 23.9 Å². The summed E-state index contributed by atoms with van der Waals surface area (Å²) in [6, 6.07) is 8.72. The van der Waals surface area contributed by atoms with Crippen LogP contribution >= 0.6 is 15.9 Å². The number of hydrogen-bond donors (Lipinski definition) is 0. The minimum atomic E-state index is -3.30. The average molecular weight is 332 g/mol. The quantitative estimate of drug-likeness (QED) is 0.795. The molecule has 1 saturated heterocycles. The summed E-state index contributed by atoms with van der Waals surface area (Å²) in [5.41, 5.74) is 0. The third-order valence-corrected chi connectivity index (χ3v) is 5.72. The largest absolute Gasteiger partial charge is 0.243 e. The monoisotopic (exact) mass is 331 g/mol. The van der Waals surface area contributed by atoms with Gasteiger partial charge in [0, 0.05) is 18.4 Å². The first-order valence-electron chi connectivity index (χ1n) is 6.26. The van der Waals surface area contributed by atoms with Crippen molar-refractivity contribution in [3.8, 4) is 0 Å². The van der Waals surface area contributed by atoms with E-state index in [4.69, 9.17) is 0 Å². The van der Waals surface area contributed by atoms with E-state index in [0.717, 1.165) is 24.6 Å². The van der Waals surface area contributed by atoms with E-state index in [2.05, 4.69) is 15.9 Å². The molecule has 0 aliphatic carbocycles. The number of rotatable bonds is 4. The molecule has 0 bridgehead atoms. The molecule has 0 N–H and O–H groups in total. The van der Waals surface area contributed by atoms with Gasteiger partial charge in [-0.1, -0.05) is 34.1 Å². The molecule has 3 nitrogen and oxygen atoms in total. The van der Waals surface area contributed by atoms with Gasteiger partial charge in [-0.15, -0.1) is 0 Å². The fraction of sp³-hybridized carbons (Fsp3) is 0.538. The summed E-state index contributed by atoms with van der Waals surface area (Å²) in [6.45, 7) is 1.30. The Morgan fingerprint density at radius 1 is 1.28 bits per heavy atom. The van der Waals surface area contributed by atoms with Gasteiger partial charge in [0.15, 0.2) is 0 Å². The molecular formula is C13H18BrNO2S. The summed E-state index contributed by atoms with van der Waals surface area (Å²) in [5.74, 6) is 0.483. The van der Waals surface area contributed by atoms with Gasteiger partial charge >= 0.3 is 0 Å². The molecular weight excluding hydrogens is 314 g/mol. The maximum absolute atomic E-state index is 12.5. The van der Waals surface area contributed by atoms with Crippen LogP contribution in [-0.2, 0) is 10.0 Å². The van der Waals surface area contributed by atoms with Crippen LogP contribution in [0.2, 0.25) is 0 Å². The van der Waals surface area contributed by atoms with E-state index >= 15 is 0 Å².